The van der Waals surface area contributed by atoms with Crippen molar-refractivity contribution in [2.75, 3.05) is 36.5 Å². The van der Waals surface area contributed by atoms with E-state index in [9.17, 15) is 0 Å². The number of hydrogen-bond donors (Lipinski definition) is 1. The van der Waals surface area contributed by atoms with Crippen LogP contribution in [0, 0.1) is 5.92 Å². The van der Waals surface area contributed by atoms with E-state index in [2.05, 4.69) is 36.2 Å². The Bertz CT molecular complexity index is 457. The first-order valence-corrected chi connectivity index (χ1v) is 7.40. The van der Waals surface area contributed by atoms with Crippen molar-refractivity contribution in [2.24, 2.45) is 13.0 Å². The van der Waals surface area contributed by atoms with Crippen LogP contribution in [0.25, 0.3) is 0 Å². The molecule has 0 radical (unpaired) electrons. The molecule has 3 heterocycles. The van der Waals surface area contributed by atoms with Crippen LogP contribution in [0.1, 0.15) is 26.0 Å². The Kier molecular flexibility index (Phi) is 3.39. The van der Waals surface area contributed by atoms with Gasteiger partial charge in [0.2, 0.25) is 0 Å². The molecule has 106 valence electrons. The van der Waals surface area contributed by atoms with E-state index in [1.165, 1.54) is 17.2 Å². The van der Waals surface area contributed by atoms with Gasteiger partial charge in [-0.25, -0.2) is 0 Å². The van der Waals surface area contributed by atoms with Gasteiger partial charge in [-0.2, -0.15) is 5.10 Å². The molecule has 2 aliphatic rings. The highest BCUT2D eigenvalue weighted by atomic mass is 16.5. The van der Waals surface area contributed by atoms with Gasteiger partial charge in [0.05, 0.1) is 24.9 Å². The van der Waals surface area contributed by atoms with Crippen LogP contribution in [-0.2, 0) is 18.2 Å². The van der Waals surface area contributed by atoms with Crippen molar-refractivity contribution in [1.82, 2.24) is 9.78 Å². The summed E-state index contributed by atoms with van der Waals surface area (Å²) in [6.07, 6.45) is 2.12. The molecular formula is C14H24N4O. The quantitative estimate of drug-likeness (QED) is 0.901. The van der Waals surface area contributed by atoms with E-state index in [-0.39, 0.29) is 0 Å². The Labute approximate surface area is 114 Å². The number of nitrogens with one attached hydrogen (secondary N) is 1. The zero-order valence-electron chi connectivity index (χ0n) is 12.1. The van der Waals surface area contributed by atoms with E-state index in [1.54, 1.807) is 0 Å². The summed E-state index contributed by atoms with van der Waals surface area (Å²) in [7, 11) is 2.05. The second kappa shape index (κ2) is 5.04. The fourth-order valence-electron chi connectivity index (χ4n) is 3.36. The predicted octanol–water partition coefficient (Wildman–Crippen LogP) is 1.64. The Morgan fingerprint density at radius 1 is 1.37 bits per heavy atom. The molecule has 0 spiro atoms. The highest BCUT2D eigenvalue weighted by Gasteiger charge is 2.38. The zero-order valence-corrected chi connectivity index (χ0v) is 12.1. The molecule has 0 bridgehead atoms. The number of hydrogen-bond acceptors (Lipinski definition) is 4. The SMILES string of the molecule is CCCN1c2c(c(CC)nn2C)NCC2COCC21. The van der Waals surface area contributed by atoms with Crippen LogP contribution in [0.4, 0.5) is 11.5 Å². The molecule has 0 aromatic carbocycles. The lowest BCUT2D eigenvalue weighted by atomic mass is 10.0. The average molecular weight is 264 g/mol. The van der Waals surface area contributed by atoms with E-state index in [0.29, 0.717) is 12.0 Å². The number of anilines is 2. The summed E-state index contributed by atoms with van der Waals surface area (Å²) in [4.78, 5) is 2.51. The van der Waals surface area contributed by atoms with Crippen LogP contribution in [-0.4, -0.2) is 42.1 Å². The third-order valence-electron chi connectivity index (χ3n) is 4.27. The molecule has 5 nitrogen and oxygen atoms in total. The maximum atomic E-state index is 5.70. The van der Waals surface area contributed by atoms with Gasteiger partial charge in [-0.15, -0.1) is 0 Å². The van der Waals surface area contributed by atoms with Crippen molar-refractivity contribution in [3.8, 4) is 0 Å². The topological polar surface area (TPSA) is 42.3 Å². The molecule has 0 saturated carbocycles. The zero-order chi connectivity index (χ0) is 13.4. The first kappa shape index (κ1) is 12.8. The highest BCUT2D eigenvalue weighted by Crippen LogP contribution is 2.37. The van der Waals surface area contributed by atoms with Crippen LogP contribution >= 0.6 is 0 Å². The summed E-state index contributed by atoms with van der Waals surface area (Å²) in [6, 6.07) is 0.494. The molecule has 1 fully saturated rings. The van der Waals surface area contributed by atoms with Gasteiger partial charge < -0.3 is 15.0 Å². The lowest BCUT2D eigenvalue weighted by Crippen LogP contribution is -2.42. The largest absolute Gasteiger partial charge is 0.380 e. The van der Waals surface area contributed by atoms with Crippen LogP contribution in [0.15, 0.2) is 0 Å². The monoisotopic (exact) mass is 264 g/mol. The van der Waals surface area contributed by atoms with Crippen molar-refractivity contribution in [2.45, 2.75) is 32.7 Å². The van der Waals surface area contributed by atoms with E-state index in [0.717, 1.165) is 39.1 Å². The molecule has 1 N–H and O–H groups in total. The third-order valence-corrected chi connectivity index (χ3v) is 4.27. The Balaban J connectivity index is 2.04. The molecule has 1 aromatic heterocycles. The maximum absolute atomic E-state index is 5.70. The molecule has 1 aromatic rings. The molecule has 3 rings (SSSR count). The summed E-state index contributed by atoms with van der Waals surface area (Å²) >= 11 is 0. The van der Waals surface area contributed by atoms with Crippen LogP contribution in [0.5, 0.6) is 0 Å². The summed E-state index contributed by atoms with van der Waals surface area (Å²) < 4.78 is 7.74. The average Bonchev–Trinajstić information content (AvgIpc) is 2.95. The van der Waals surface area contributed by atoms with Gasteiger partial charge in [0.15, 0.2) is 5.82 Å². The minimum absolute atomic E-state index is 0.494. The number of rotatable bonds is 3. The van der Waals surface area contributed by atoms with Crippen LogP contribution in [0.2, 0.25) is 0 Å². The van der Waals surface area contributed by atoms with Gasteiger partial charge in [-0.1, -0.05) is 13.8 Å². The Morgan fingerprint density at radius 2 is 2.21 bits per heavy atom. The number of nitrogens with zero attached hydrogens (tertiary/aromatic N) is 3. The molecule has 5 heteroatoms. The van der Waals surface area contributed by atoms with Gasteiger partial charge in [0.1, 0.15) is 5.69 Å². The number of ether oxygens (including phenoxy) is 1. The minimum Gasteiger partial charge on any atom is -0.380 e. The molecular weight excluding hydrogens is 240 g/mol. The number of aromatic nitrogens is 2. The first-order chi connectivity index (χ1) is 9.26. The maximum Gasteiger partial charge on any atom is 0.150 e. The predicted molar refractivity (Wildman–Crippen MR) is 76.8 cm³/mol. The van der Waals surface area contributed by atoms with Crippen LogP contribution in [0.3, 0.4) is 0 Å². The van der Waals surface area contributed by atoms with Crippen molar-refractivity contribution in [1.29, 1.82) is 0 Å². The second-order valence-corrected chi connectivity index (χ2v) is 5.56. The summed E-state index contributed by atoms with van der Waals surface area (Å²) in [5.41, 5.74) is 2.42. The van der Waals surface area contributed by atoms with Crippen molar-refractivity contribution in [3.05, 3.63) is 5.69 Å². The Hall–Kier alpha value is -1.23. The number of fused-ring (bicyclic) bond motifs is 2. The Morgan fingerprint density at radius 3 is 2.95 bits per heavy atom. The standard InChI is InChI=1S/C14H24N4O/c1-4-6-18-12-9-19-8-10(12)7-15-13-11(5-2)16-17(3)14(13)18/h10,12,15H,4-9H2,1-3H3. The van der Waals surface area contributed by atoms with E-state index >= 15 is 0 Å². The first-order valence-electron chi connectivity index (χ1n) is 7.40. The molecule has 0 amide bonds. The minimum atomic E-state index is 0.494. The van der Waals surface area contributed by atoms with Gasteiger partial charge in [-0.05, 0) is 12.8 Å². The van der Waals surface area contributed by atoms with E-state index < -0.39 is 0 Å². The smallest absolute Gasteiger partial charge is 0.150 e. The van der Waals surface area contributed by atoms with Gasteiger partial charge in [-0.3, -0.25) is 4.68 Å². The molecule has 1 saturated heterocycles. The van der Waals surface area contributed by atoms with Crippen molar-refractivity contribution >= 4 is 11.5 Å². The summed E-state index contributed by atoms with van der Waals surface area (Å²) in [6.45, 7) is 8.20. The fourth-order valence-corrected chi connectivity index (χ4v) is 3.36. The molecule has 19 heavy (non-hydrogen) atoms. The second-order valence-electron chi connectivity index (χ2n) is 5.56. The summed E-state index contributed by atoms with van der Waals surface area (Å²) in [5.74, 6) is 1.83. The lowest BCUT2D eigenvalue weighted by molar-refractivity contribution is 0.185. The van der Waals surface area contributed by atoms with E-state index in [4.69, 9.17) is 4.74 Å². The van der Waals surface area contributed by atoms with Crippen molar-refractivity contribution in [3.63, 3.8) is 0 Å². The third kappa shape index (κ3) is 2.00. The summed E-state index contributed by atoms with van der Waals surface area (Å²) in [5, 5.41) is 8.29. The molecule has 0 aliphatic carbocycles. The lowest BCUT2D eigenvalue weighted by Gasteiger charge is -2.31. The fraction of sp³-hybridized carbons (Fsp3) is 0.786. The van der Waals surface area contributed by atoms with Gasteiger partial charge in [0, 0.05) is 26.1 Å². The normalized spacial score (nSPS) is 25.7. The van der Waals surface area contributed by atoms with Crippen LogP contribution < -0.4 is 10.2 Å². The highest BCUT2D eigenvalue weighted by molar-refractivity contribution is 5.71. The molecule has 2 unspecified atom stereocenters. The van der Waals surface area contributed by atoms with E-state index in [1.807, 2.05) is 4.68 Å². The molecule has 2 aliphatic heterocycles. The van der Waals surface area contributed by atoms with Gasteiger partial charge in [0.25, 0.3) is 0 Å². The van der Waals surface area contributed by atoms with Gasteiger partial charge >= 0.3 is 0 Å². The molecule has 2 atom stereocenters. The van der Waals surface area contributed by atoms with Crippen molar-refractivity contribution < 1.29 is 4.74 Å². The number of aryl methyl sites for hydroxylation is 2.